The van der Waals surface area contributed by atoms with Crippen LogP contribution in [-0.2, 0) is 19.4 Å². The van der Waals surface area contributed by atoms with Crippen molar-refractivity contribution in [2.24, 2.45) is 0 Å². The molecule has 5 rings (SSSR count). The molecule has 6 heteroatoms. The van der Waals surface area contributed by atoms with E-state index in [4.69, 9.17) is 9.15 Å². The minimum Gasteiger partial charge on any atom is -0.493 e. The first kappa shape index (κ1) is 22.0. The molecule has 1 N–H and O–H groups in total. The van der Waals surface area contributed by atoms with Crippen molar-refractivity contribution in [1.82, 2.24) is 4.90 Å². The molecule has 174 valence electrons. The fourth-order valence-electron chi connectivity index (χ4n) is 5.26. The van der Waals surface area contributed by atoms with Crippen molar-refractivity contribution in [2.45, 2.75) is 39.2 Å². The largest absolute Gasteiger partial charge is 0.493 e. The number of nitrogens with zero attached hydrogens (tertiary/aromatic N) is 2. The quantitative estimate of drug-likeness (QED) is 0.439. The Morgan fingerprint density at radius 3 is 2.64 bits per heavy atom. The Morgan fingerprint density at radius 2 is 1.82 bits per heavy atom. The second kappa shape index (κ2) is 9.57. The molecule has 1 aliphatic heterocycles. The van der Waals surface area contributed by atoms with E-state index in [9.17, 15) is 9.90 Å². The van der Waals surface area contributed by atoms with E-state index in [1.807, 2.05) is 37.3 Å². The second-order valence-electron chi connectivity index (χ2n) is 9.08. The third-order valence-corrected chi connectivity index (χ3v) is 7.09. The van der Waals surface area contributed by atoms with Crippen molar-refractivity contribution >= 4 is 16.7 Å². The first-order valence-electron chi connectivity index (χ1n) is 12.0. The van der Waals surface area contributed by atoms with Crippen molar-refractivity contribution in [3.63, 3.8) is 0 Å². The molecular weight excluding hydrogens is 416 g/mol. The molecule has 6 nitrogen and oxygen atoms in total. The molecule has 0 unspecified atom stereocenters. The van der Waals surface area contributed by atoms with Gasteiger partial charge >= 0.3 is 5.63 Å². The van der Waals surface area contributed by atoms with Gasteiger partial charge in [0.2, 0.25) is 0 Å². The smallest absolute Gasteiger partial charge is 0.339 e. The summed E-state index contributed by atoms with van der Waals surface area (Å²) in [6.07, 6.45) is 3.75. The minimum absolute atomic E-state index is 0.0772. The summed E-state index contributed by atoms with van der Waals surface area (Å²) >= 11 is 0. The molecule has 0 saturated carbocycles. The standard InChI is InChI=1S/C27H32N2O4/c1-19-25(11-10-22-21-7-4-8-23(21)27(31)33-26(19)22)32-17-5-12-28-13-15-29(16-14-28)24-9-3-2-6-20(24)18-30/h2-3,6,9-11,30H,4-5,7-8,12-18H2,1H3. The normalized spacial score (nSPS) is 16.4. The highest BCUT2D eigenvalue weighted by Crippen LogP contribution is 2.33. The van der Waals surface area contributed by atoms with E-state index in [2.05, 4.69) is 15.9 Å². The van der Waals surface area contributed by atoms with E-state index in [1.54, 1.807) is 0 Å². The lowest BCUT2D eigenvalue weighted by atomic mass is 10.0. The van der Waals surface area contributed by atoms with Crippen LogP contribution in [0.3, 0.4) is 0 Å². The average Bonchev–Trinajstić information content (AvgIpc) is 3.35. The summed E-state index contributed by atoms with van der Waals surface area (Å²) in [6, 6.07) is 12.2. The molecule has 0 radical (unpaired) electrons. The van der Waals surface area contributed by atoms with Gasteiger partial charge in [-0.2, -0.15) is 0 Å². The van der Waals surface area contributed by atoms with Gasteiger partial charge in [-0.1, -0.05) is 18.2 Å². The van der Waals surface area contributed by atoms with Gasteiger partial charge in [0.1, 0.15) is 11.3 Å². The van der Waals surface area contributed by atoms with Crippen LogP contribution in [0.25, 0.3) is 11.0 Å². The molecule has 1 aromatic heterocycles. The summed E-state index contributed by atoms with van der Waals surface area (Å²) in [6.45, 7) is 7.62. The van der Waals surface area contributed by atoms with Crippen LogP contribution in [0.2, 0.25) is 0 Å². The average molecular weight is 449 g/mol. The summed E-state index contributed by atoms with van der Waals surface area (Å²) in [5.74, 6) is 0.800. The van der Waals surface area contributed by atoms with Gasteiger partial charge in [-0.25, -0.2) is 4.79 Å². The highest BCUT2D eigenvalue weighted by Gasteiger charge is 2.22. The van der Waals surface area contributed by atoms with Gasteiger partial charge < -0.3 is 19.2 Å². The predicted molar refractivity (Wildman–Crippen MR) is 130 cm³/mol. The van der Waals surface area contributed by atoms with Gasteiger partial charge in [0, 0.05) is 60.5 Å². The number of hydrogen-bond acceptors (Lipinski definition) is 6. The van der Waals surface area contributed by atoms with Gasteiger partial charge in [-0.3, -0.25) is 4.90 Å². The van der Waals surface area contributed by atoms with Gasteiger partial charge in [-0.15, -0.1) is 0 Å². The summed E-state index contributed by atoms with van der Waals surface area (Å²) in [4.78, 5) is 17.2. The first-order chi connectivity index (χ1) is 16.2. The van der Waals surface area contributed by atoms with E-state index in [0.29, 0.717) is 12.2 Å². The Labute approximate surface area is 194 Å². The number of fused-ring (bicyclic) bond motifs is 3. The predicted octanol–water partition coefficient (Wildman–Crippen LogP) is 3.67. The van der Waals surface area contributed by atoms with Crippen molar-refractivity contribution < 1.29 is 14.3 Å². The second-order valence-corrected chi connectivity index (χ2v) is 9.08. The summed E-state index contributed by atoms with van der Waals surface area (Å²) in [5.41, 5.74) is 5.56. The number of ether oxygens (including phenoxy) is 1. The van der Waals surface area contributed by atoms with E-state index in [0.717, 1.165) is 97.5 Å². The third-order valence-electron chi connectivity index (χ3n) is 7.09. The fraction of sp³-hybridized carbons (Fsp3) is 0.444. The zero-order valence-corrected chi connectivity index (χ0v) is 19.3. The lowest BCUT2D eigenvalue weighted by molar-refractivity contribution is 0.223. The Bertz CT molecular complexity index is 1190. The zero-order chi connectivity index (χ0) is 22.8. The number of aliphatic hydroxyl groups excluding tert-OH is 1. The molecule has 3 aromatic rings. The number of piperazine rings is 1. The summed E-state index contributed by atoms with van der Waals surface area (Å²) in [7, 11) is 0. The molecule has 33 heavy (non-hydrogen) atoms. The number of aliphatic hydroxyl groups is 1. The molecule has 0 atom stereocenters. The topological polar surface area (TPSA) is 66.2 Å². The van der Waals surface area contributed by atoms with Crippen LogP contribution in [0.15, 0.2) is 45.6 Å². The maximum atomic E-state index is 12.3. The number of rotatable bonds is 7. The monoisotopic (exact) mass is 448 g/mol. The highest BCUT2D eigenvalue weighted by molar-refractivity contribution is 5.86. The van der Waals surface area contributed by atoms with Crippen LogP contribution >= 0.6 is 0 Å². The lowest BCUT2D eigenvalue weighted by Gasteiger charge is -2.37. The third kappa shape index (κ3) is 4.37. The number of hydrogen-bond donors (Lipinski definition) is 1. The molecule has 0 spiro atoms. The fourth-order valence-corrected chi connectivity index (χ4v) is 5.26. The van der Waals surface area contributed by atoms with Crippen molar-refractivity contribution in [3.8, 4) is 5.75 Å². The van der Waals surface area contributed by atoms with E-state index >= 15 is 0 Å². The molecule has 1 saturated heterocycles. The number of benzene rings is 2. The maximum Gasteiger partial charge on any atom is 0.339 e. The van der Waals surface area contributed by atoms with Crippen LogP contribution in [-0.4, -0.2) is 49.3 Å². The molecule has 2 heterocycles. The minimum atomic E-state index is -0.184. The molecule has 2 aliphatic rings. The zero-order valence-electron chi connectivity index (χ0n) is 19.3. The summed E-state index contributed by atoms with van der Waals surface area (Å²) in [5, 5.41) is 10.7. The molecular formula is C27H32N2O4. The van der Waals surface area contributed by atoms with Crippen LogP contribution in [0.4, 0.5) is 5.69 Å². The van der Waals surface area contributed by atoms with Gasteiger partial charge in [0.15, 0.2) is 0 Å². The van der Waals surface area contributed by atoms with E-state index in [1.165, 1.54) is 0 Å². The maximum absolute atomic E-state index is 12.3. The van der Waals surface area contributed by atoms with E-state index in [-0.39, 0.29) is 12.2 Å². The van der Waals surface area contributed by atoms with E-state index < -0.39 is 0 Å². The Kier molecular flexibility index (Phi) is 6.38. The number of anilines is 1. The molecule has 0 amide bonds. The van der Waals surface area contributed by atoms with Crippen LogP contribution < -0.4 is 15.3 Å². The summed E-state index contributed by atoms with van der Waals surface area (Å²) < 4.78 is 11.8. The lowest BCUT2D eigenvalue weighted by Crippen LogP contribution is -2.47. The number of aryl methyl sites for hydroxylation is 2. The Hall–Kier alpha value is -2.83. The van der Waals surface area contributed by atoms with Gasteiger partial charge in [0.25, 0.3) is 0 Å². The first-order valence-corrected chi connectivity index (χ1v) is 12.0. The van der Waals surface area contributed by atoms with Crippen LogP contribution in [0, 0.1) is 6.92 Å². The van der Waals surface area contributed by atoms with Crippen molar-refractivity contribution in [1.29, 1.82) is 0 Å². The molecule has 1 aliphatic carbocycles. The van der Waals surface area contributed by atoms with Crippen LogP contribution in [0.5, 0.6) is 5.75 Å². The Morgan fingerprint density at radius 1 is 1.03 bits per heavy atom. The van der Waals surface area contributed by atoms with Gasteiger partial charge in [0.05, 0.1) is 13.2 Å². The highest BCUT2D eigenvalue weighted by atomic mass is 16.5. The van der Waals surface area contributed by atoms with Crippen molar-refractivity contribution in [3.05, 3.63) is 69.1 Å². The Balaban J connectivity index is 1.14. The van der Waals surface area contributed by atoms with Crippen molar-refractivity contribution in [2.75, 3.05) is 44.2 Å². The number of para-hydroxylation sites is 1. The van der Waals surface area contributed by atoms with Gasteiger partial charge in [-0.05, 0) is 56.4 Å². The van der Waals surface area contributed by atoms with Crippen LogP contribution in [0.1, 0.15) is 35.1 Å². The SMILES string of the molecule is Cc1c(OCCCN2CCN(c3ccccc3CO)CC2)ccc2c3c(c(=O)oc12)CCC3. The molecule has 0 bridgehead atoms. The molecule has 1 fully saturated rings. The molecule has 2 aromatic carbocycles.